The van der Waals surface area contributed by atoms with Crippen LogP contribution in [0.15, 0.2) is 30.3 Å². The van der Waals surface area contributed by atoms with Crippen LogP contribution in [0.1, 0.15) is 6.92 Å². The molecule has 1 aliphatic rings. The van der Waals surface area contributed by atoms with Gasteiger partial charge in [-0.3, -0.25) is 0 Å². The van der Waals surface area contributed by atoms with Crippen LogP contribution in [0.5, 0.6) is 5.75 Å². The number of rotatable bonds is 3. The van der Waals surface area contributed by atoms with Gasteiger partial charge in [0.1, 0.15) is 5.75 Å². The zero-order valence-corrected chi connectivity index (χ0v) is 14.9. The summed E-state index contributed by atoms with van der Waals surface area (Å²) in [5.41, 5.74) is 7.76. The molecule has 0 saturated carbocycles. The molecule has 3 rings (SSSR count). The van der Waals surface area contributed by atoms with E-state index in [-0.39, 0.29) is 17.6 Å². The van der Waals surface area contributed by atoms with Crippen molar-refractivity contribution >= 4 is 21.5 Å². The summed E-state index contributed by atoms with van der Waals surface area (Å²) in [4.78, 5) is 2.00. The van der Waals surface area contributed by atoms with Gasteiger partial charge < -0.3 is 15.7 Å². The fraction of sp³-hybridized carbons (Fsp3) is 0.375. The summed E-state index contributed by atoms with van der Waals surface area (Å²) in [7, 11) is -3.23. The fourth-order valence-electron chi connectivity index (χ4n) is 3.12. The van der Waals surface area contributed by atoms with Gasteiger partial charge in [0.05, 0.1) is 17.6 Å². The molecule has 0 unspecified atom stereocenters. The summed E-state index contributed by atoms with van der Waals surface area (Å²) in [6.07, 6.45) is 1.22. The molecule has 0 radical (unpaired) electrons. The number of phenolic OH excluding ortho intramolecular Hbond substituents is 1. The van der Waals surface area contributed by atoms with Crippen molar-refractivity contribution in [3.8, 4) is 17.0 Å². The fourth-order valence-corrected chi connectivity index (χ4v) is 4.25. The minimum absolute atomic E-state index is 0.114. The minimum Gasteiger partial charge on any atom is -0.507 e. The van der Waals surface area contributed by atoms with E-state index in [0.29, 0.717) is 36.6 Å². The van der Waals surface area contributed by atoms with Crippen LogP contribution >= 0.6 is 0 Å². The third-order valence-electron chi connectivity index (χ3n) is 4.31. The second-order valence-electron chi connectivity index (χ2n) is 6.19. The summed E-state index contributed by atoms with van der Waals surface area (Å²) in [6, 6.07) is 8.48. The molecule has 9 heteroatoms. The van der Waals surface area contributed by atoms with Gasteiger partial charge in [0.2, 0.25) is 10.0 Å². The maximum atomic E-state index is 11.8. The molecule has 0 amide bonds. The Labute approximate surface area is 146 Å². The highest BCUT2D eigenvalue weighted by atomic mass is 32.2. The highest BCUT2D eigenvalue weighted by Gasteiger charge is 2.31. The zero-order valence-electron chi connectivity index (χ0n) is 14.1. The Balaban J connectivity index is 1.91. The number of sulfonamides is 1. The number of aromatic nitrogens is 2. The number of hydrogen-bond donors (Lipinski definition) is 2. The molecule has 1 aromatic carbocycles. The van der Waals surface area contributed by atoms with Crippen molar-refractivity contribution in [1.29, 1.82) is 0 Å². The number of nitrogens with zero attached hydrogens (tertiary/aromatic N) is 4. The molecule has 3 N–H and O–H groups in total. The molecule has 134 valence electrons. The molecule has 8 nitrogen and oxygen atoms in total. The molecule has 1 saturated heterocycles. The van der Waals surface area contributed by atoms with E-state index in [4.69, 9.17) is 5.73 Å². The molecule has 0 aliphatic carbocycles. The van der Waals surface area contributed by atoms with Crippen LogP contribution in [0.2, 0.25) is 0 Å². The number of piperazine rings is 1. The lowest BCUT2D eigenvalue weighted by Crippen LogP contribution is -2.53. The van der Waals surface area contributed by atoms with Gasteiger partial charge >= 0.3 is 0 Å². The van der Waals surface area contributed by atoms with Gasteiger partial charge in [-0.05, 0) is 25.1 Å². The number of para-hydroxylation sites is 1. The second-order valence-corrected chi connectivity index (χ2v) is 8.12. The van der Waals surface area contributed by atoms with E-state index in [2.05, 4.69) is 10.2 Å². The highest BCUT2D eigenvalue weighted by Crippen LogP contribution is 2.32. The summed E-state index contributed by atoms with van der Waals surface area (Å²) >= 11 is 0. The second kappa shape index (κ2) is 6.49. The van der Waals surface area contributed by atoms with E-state index >= 15 is 0 Å². The Morgan fingerprint density at radius 3 is 2.60 bits per heavy atom. The monoisotopic (exact) mass is 363 g/mol. The van der Waals surface area contributed by atoms with Gasteiger partial charge in [-0.1, -0.05) is 12.1 Å². The average molecular weight is 363 g/mol. The SMILES string of the molecule is C[C@@H]1CN(c2cc(-c3ccccc3O)nnc2N)CCN1S(C)(=O)=O. The van der Waals surface area contributed by atoms with Crippen molar-refractivity contribution in [2.75, 3.05) is 36.5 Å². The smallest absolute Gasteiger partial charge is 0.211 e. The lowest BCUT2D eigenvalue weighted by molar-refractivity contribution is 0.309. The van der Waals surface area contributed by atoms with Crippen molar-refractivity contribution in [3.63, 3.8) is 0 Å². The van der Waals surface area contributed by atoms with Crippen LogP contribution in [-0.2, 0) is 10.0 Å². The van der Waals surface area contributed by atoms with E-state index in [1.54, 1.807) is 30.3 Å². The largest absolute Gasteiger partial charge is 0.507 e. The molecule has 25 heavy (non-hydrogen) atoms. The van der Waals surface area contributed by atoms with Gasteiger partial charge in [0, 0.05) is 31.2 Å². The summed E-state index contributed by atoms with van der Waals surface area (Å²) in [6.45, 7) is 3.26. The van der Waals surface area contributed by atoms with Gasteiger partial charge in [0.25, 0.3) is 0 Å². The Morgan fingerprint density at radius 2 is 1.96 bits per heavy atom. The first-order valence-electron chi connectivity index (χ1n) is 7.90. The normalized spacial score (nSPS) is 19.1. The predicted octanol–water partition coefficient (Wildman–Crippen LogP) is 0.902. The van der Waals surface area contributed by atoms with E-state index in [1.807, 2.05) is 11.8 Å². The van der Waals surface area contributed by atoms with E-state index in [9.17, 15) is 13.5 Å². The third-order valence-corrected chi connectivity index (χ3v) is 5.71. The van der Waals surface area contributed by atoms with Crippen molar-refractivity contribution in [1.82, 2.24) is 14.5 Å². The molecular formula is C16H21N5O3S. The first-order valence-corrected chi connectivity index (χ1v) is 9.75. The number of hydrogen-bond acceptors (Lipinski definition) is 7. The average Bonchev–Trinajstić information content (AvgIpc) is 2.55. The zero-order chi connectivity index (χ0) is 18.2. The van der Waals surface area contributed by atoms with Gasteiger partial charge in [-0.25, -0.2) is 8.42 Å². The standard InChI is InChI=1S/C16H21N5O3S/c1-11-10-20(7-8-21(11)25(2,23)24)14-9-13(18-19-16(14)17)12-5-3-4-6-15(12)22/h3-6,9,11,22H,7-8,10H2,1-2H3,(H2,17,19)/t11-/m1/s1. The summed E-state index contributed by atoms with van der Waals surface area (Å²) in [5, 5.41) is 18.1. The van der Waals surface area contributed by atoms with Crippen molar-refractivity contribution in [2.24, 2.45) is 0 Å². The number of nitrogen functional groups attached to an aromatic ring is 1. The van der Waals surface area contributed by atoms with Crippen LogP contribution < -0.4 is 10.6 Å². The van der Waals surface area contributed by atoms with Gasteiger partial charge in [0.15, 0.2) is 5.82 Å². The Kier molecular flexibility index (Phi) is 4.53. The number of nitrogens with two attached hydrogens (primary N) is 1. The minimum atomic E-state index is -3.23. The maximum Gasteiger partial charge on any atom is 0.211 e. The molecule has 1 aromatic heterocycles. The first kappa shape index (κ1) is 17.4. The van der Waals surface area contributed by atoms with Crippen LogP contribution in [0.25, 0.3) is 11.3 Å². The predicted molar refractivity (Wildman–Crippen MR) is 96.8 cm³/mol. The topological polar surface area (TPSA) is 113 Å². The van der Waals surface area contributed by atoms with Crippen molar-refractivity contribution < 1.29 is 13.5 Å². The lowest BCUT2D eigenvalue weighted by Gasteiger charge is -2.39. The summed E-state index contributed by atoms with van der Waals surface area (Å²) in [5.74, 6) is 0.391. The maximum absolute atomic E-state index is 11.8. The molecular weight excluding hydrogens is 342 g/mol. The molecule has 1 atom stereocenters. The molecule has 2 aromatic rings. The van der Waals surface area contributed by atoms with Crippen LogP contribution in [0.3, 0.4) is 0 Å². The summed E-state index contributed by atoms with van der Waals surface area (Å²) < 4.78 is 25.1. The number of aromatic hydroxyl groups is 1. The van der Waals surface area contributed by atoms with Crippen LogP contribution in [-0.4, -0.2) is 60.0 Å². The Hall–Kier alpha value is -2.39. The first-order chi connectivity index (χ1) is 11.8. The van der Waals surface area contributed by atoms with Crippen molar-refractivity contribution in [3.05, 3.63) is 30.3 Å². The van der Waals surface area contributed by atoms with E-state index in [0.717, 1.165) is 0 Å². The van der Waals surface area contributed by atoms with Crippen molar-refractivity contribution in [2.45, 2.75) is 13.0 Å². The number of phenols is 1. The quantitative estimate of drug-likeness (QED) is 0.833. The highest BCUT2D eigenvalue weighted by molar-refractivity contribution is 7.88. The Bertz CT molecular complexity index is 887. The third kappa shape index (κ3) is 3.52. The molecule has 1 fully saturated rings. The van der Waals surface area contributed by atoms with Crippen LogP contribution in [0, 0.1) is 0 Å². The lowest BCUT2D eigenvalue weighted by atomic mass is 10.1. The van der Waals surface area contributed by atoms with Crippen LogP contribution in [0.4, 0.5) is 11.5 Å². The molecule has 1 aliphatic heterocycles. The van der Waals surface area contributed by atoms with E-state index < -0.39 is 10.0 Å². The Morgan fingerprint density at radius 1 is 1.24 bits per heavy atom. The number of benzene rings is 1. The number of anilines is 2. The van der Waals surface area contributed by atoms with E-state index in [1.165, 1.54) is 10.6 Å². The molecule has 0 bridgehead atoms. The van der Waals surface area contributed by atoms with Gasteiger partial charge in [-0.15, -0.1) is 10.2 Å². The molecule has 2 heterocycles. The van der Waals surface area contributed by atoms with Gasteiger partial charge in [-0.2, -0.15) is 4.31 Å². The molecule has 0 spiro atoms.